The van der Waals surface area contributed by atoms with Gasteiger partial charge in [-0.2, -0.15) is 0 Å². The van der Waals surface area contributed by atoms with Gasteiger partial charge in [-0.15, -0.1) is 0 Å². The molecule has 0 bridgehead atoms. The van der Waals surface area contributed by atoms with Crippen molar-refractivity contribution in [1.29, 1.82) is 0 Å². The average Bonchev–Trinajstić information content (AvgIpc) is 2.27. The molecule has 0 saturated carbocycles. The standard InChI is InChI=1S/C11H22NO6P/c1-5-11(13)16-9-7-12(3,4)8-10-18-19(14,15)17-6-2/h5H,1,6-10H2,2-4H3/p+1. The van der Waals surface area contributed by atoms with Crippen LogP contribution in [0.2, 0.25) is 0 Å². The van der Waals surface area contributed by atoms with Crippen LogP contribution < -0.4 is 0 Å². The molecule has 1 unspecified atom stereocenters. The van der Waals surface area contributed by atoms with Crippen molar-refractivity contribution in [2.75, 3.05) is 47.0 Å². The van der Waals surface area contributed by atoms with Gasteiger partial charge in [0.05, 0.1) is 20.7 Å². The summed E-state index contributed by atoms with van der Waals surface area (Å²) in [7, 11) is -0.140. The zero-order valence-corrected chi connectivity index (χ0v) is 12.6. The Bertz CT molecular complexity index is 344. The number of quaternary nitrogens is 1. The average molecular weight is 296 g/mol. The van der Waals surface area contributed by atoms with E-state index in [0.29, 0.717) is 17.6 Å². The summed E-state index contributed by atoms with van der Waals surface area (Å²) >= 11 is 0. The number of hydrogen-bond donors (Lipinski definition) is 1. The lowest BCUT2D eigenvalue weighted by Gasteiger charge is -2.29. The van der Waals surface area contributed by atoms with Gasteiger partial charge in [-0.05, 0) is 6.92 Å². The quantitative estimate of drug-likeness (QED) is 0.280. The van der Waals surface area contributed by atoms with Gasteiger partial charge in [0.25, 0.3) is 0 Å². The summed E-state index contributed by atoms with van der Waals surface area (Å²) in [5.74, 6) is -0.465. The second-order valence-corrected chi connectivity index (χ2v) is 5.93. The molecule has 0 aromatic rings. The first-order valence-electron chi connectivity index (χ1n) is 5.95. The van der Waals surface area contributed by atoms with Crippen molar-refractivity contribution < 1.29 is 32.5 Å². The number of phosphoric acid groups is 1. The molecule has 0 fully saturated rings. The molecule has 0 heterocycles. The van der Waals surface area contributed by atoms with Gasteiger partial charge < -0.3 is 14.1 Å². The third kappa shape index (κ3) is 9.81. The molecule has 1 atom stereocenters. The zero-order valence-electron chi connectivity index (χ0n) is 11.7. The summed E-state index contributed by atoms with van der Waals surface area (Å²) in [5.41, 5.74) is 0. The monoisotopic (exact) mass is 296 g/mol. The molecule has 112 valence electrons. The number of carbonyl (C=O) groups is 1. The Labute approximate surface area is 114 Å². The van der Waals surface area contributed by atoms with Gasteiger partial charge >= 0.3 is 13.8 Å². The predicted octanol–water partition coefficient (Wildman–Crippen LogP) is 0.945. The Kier molecular flexibility index (Phi) is 8.13. The SMILES string of the molecule is C=CC(=O)OCC[N+](C)(C)CCOP(=O)(O)OCC. The third-order valence-electron chi connectivity index (χ3n) is 2.35. The van der Waals surface area contributed by atoms with Gasteiger partial charge in [0, 0.05) is 6.08 Å². The number of nitrogens with zero attached hydrogens (tertiary/aromatic N) is 1. The molecule has 0 aromatic heterocycles. The summed E-state index contributed by atoms with van der Waals surface area (Å²) < 4.78 is 26.0. The summed E-state index contributed by atoms with van der Waals surface area (Å²) in [5, 5.41) is 0. The topological polar surface area (TPSA) is 82.1 Å². The molecule has 0 aliphatic rings. The molecular formula is C11H23NO6P+. The van der Waals surface area contributed by atoms with Gasteiger partial charge in [0.1, 0.15) is 26.3 Å². The number of hydrogen-bond acceptors (Lipinski definition) is 5. The molecule has 0 radical (unpaired) electrons. The number of esters is 1. The molecule has 0 saturated heterocycles. The van der Waals surface area contributed by atoms with Crippen molar-refractivity contribution in [2.45, 2.75) is 6.92 Å². The minimum absolute atomic E-state index is 0.0795. The zero-order chi connectivity index (χ0) is 14.9. The Morgan fingerprint density at radius 3 is 2.42 bits per heavy atom. The molecular weight excluding hydrogens is 273 g/mol. The summed E-state index contributed by atoms with van der Waals surface area (Å²) in [4.78, 5) is 20.1. The van der Waals surface area contributed by atoms with Gasteiger partial charge in [-0.1, -0.05) is 6.58 Å². The highest BCUT2D eigenvalue weighted by molar-refractivity contribution is 7.47. The van der Waals surface area contributed by atoms with E-state index in [2.05, 4.69) is 11.1 Å². The van der Waals surface area contributed by atoms with E-state index in [1.54, 1.807) is 6.92 Å². The summed E-state index contributed by atoms with van der Waals surface area (Å²) in [6, 6.07) is 0. The molecule has 0 spiro atoms. The van der Waals surface area contributed by atoms with Gasteiger partial charge in [0.15, 0.2) is 0 Å². The molecule has 0 rings (SSSR count). The van der Waals surface area contributed by atoms with Gasteiger partial charge in [0.2, 0.25) is 0 Å². The smallest absolute Gasteiger partial charge is 0.457 e. The van der Waals surface area contributed by atoms with Crippen LogP contribution in [-0.4, -0.2) is 62.4 Å². The number of likely N-dealkylation sites (N-methyl/N-ethyl adjacent to an activating group) is 1. The second-order valence-electron chi connectivity index (χ2n) is 4.47. The van der Waals surface area contributed by atoms with Crippen LogP contribution in [0.5, 0.6) is 0 Å². The second kappa shape index (κ2) is 8.45. The van der Waals surface area contributed by atoms with Gasteiger partial charge in [-0.25, -0.2) is 9.36 Å². The minimum atomic E-state index is -3.93. The van der Waals surface area contributed by atoms with E-state index in [1.165, 1.54) is 0 Å². The van der Waals surface area contributed by atoms with Crippen molar-refractivity contribution in [3.63, 3.8) is 0 Å². The van der Waals surface area contributed by atoms with E-state index in [-0.39, 0.29) is 19.8 Å². The van der Waals surface area contributed by atoms with Crippen molar-refractivity contribution >= 4 is 13.8 Å². The van der Waals surface area contributed by atoms with Crippen LogP contribution in [0.25, 0.3) is 0 Å². The van der Waals surface area contributed by atoms with Crippen molar-refractivity contribution in [2.24, 2.45) is 0 Å². The predicted molar refractivity (Wildman–Crippen MR) is 70.4 cm³/mol. The summed E-state index contributed by atoms with van der Waals surface area (Å²) in [6.07, 6.45) is 1.10. The molecule has 0 amide bonds. The maximum Gasteiger partial charge on any atom is 0.472 e. The van der Waals surface area contributed by atoms with Gasteiger partial charge in [-0.3, -0.25) is 9.05 Å². The number of ether oxygens (including phenoxy) is 1. The first kappa shape index (κ1) is 18.3. The van der Waals surface area contributed by atoms with E-state index < -0.39 is 13.8 Å². The Morgan fingerprint density at radius 1 is 1.32 bits per heavy atom. The van der Waals surface area contributed by atoms with Crippen molar-refractivity contribution in [1.82, 2.24) is 0 Å². The van der Waals surface area contributed by atoms with Crippen LogP contribution in [-0.2, 0) is 23.1 Å². The van der Waals surface area contributed by atoms with Crippen LogP contribution in [0, 0.1) is 0 Å². The fourth-order valence-electron chi connectivity index (χ4n) is 1.17. The Balaban J connectivity index is 3.93. The molecule has 1 N–H and O–H groups in total. The number of phosphoric ester groups is 1. The van der Waals surface area contributed by atoms with Crippen LogP contribution >= 0.6 is 7.82 Å². The lowest BCUT2D eigenvalue weighted by molar-refractivity contribution is -0.890. The fraction of sp³-hybridized carbons (Fsp3) is 0.727. The van der Waals surface area contributed by atoms with Crippen LogP contribution in [0.1, 0.15) is 6.92 Å². The molecule has 0 aliphatic carbocycles. The van der Waals surface area contributed by atoms with E-state index >= 15 is 0 Å². The highest BCUT2D eigenvalue weighted by atomic mass is 31.2. The van der Waals surface area contributed by atoms with E-state index in [1.807, 2.05) is 14.1 Å². The first-order chi connectivity index (χ1) is 8.72. The van der Waals surface area contributed by atoms with E-state index in [0.717, 1.165) is 6.08 Å². The summed E-state index contributed by atoms with van der Waals surface area (Å²) in [6.45, 7) is 6.41. The highest BCUT2D eigenvalue weighted by Gasteiger charge is 2.23. The van der Waals surface area contributed by atoms with Crippen molar-refractivity contribution in [3.05, 3.63) is 12.7 Å². The normalized spacial score (nSPS) is 14.7. The van der Waals surface area contributed by atoms with E-state index in [9.17, 15) is 14.3 Å². The molecule has 8 heteroatoms. The lowest BCUT2D eigenvalue weighted by atomic mass is 10.4. The maximum absolute atomic E-state index is 11.3. The molecule has 19 heavy (non-hydrogen) atoms. The molecule has 7 nitrogen and oxygen atoms in total. The van der Waals surface area contributed by atoms with Crippen LogP contribution in [0.3, 0.4) is 0 Å². The van der Waals surface area contributed by atoms with E-state index in [4.69, 9.17) is 9.26 Å². The van der Waals surface area contributed by atoms with Crippen LogP contribution in [0.15, 0.2) is 12.7 Å². The fourth-order valence-corrected chi connectivity index (χ4v) is 1.88. The first-order valence-corrected chi connectivity index (χ1v) is 7.45. The lowest BCUT2D eigenvalue weighted by Crippen LogP contribution is -2.44. The maximum atomic E-state index is 11.3. The highest BCUT2D eigenvalue weighted by Crippen LogP contribution is 2.42. The van der Waals surface area contributed by atoms with Crippen LogP contribution in [0.4, 0.5) is 0 Å². The molecule has 0 aromatic carbocycles. The number of carbonyl (C=O) groups excluding carboxylic acids is 1. The largest absolute Gasteiger partial charge is 0.472 e. The molecule has 0 aliphatic heterocycles. The number of rotatable bonds is 10. The minimum Gasteiger partial charge on any atom is -0.457 e. The Morgan fingerprint density at radius 2 is 1.89 bits per heavy atom. The third-order valence-corrected chi connectivity index (χ3v) is 3.44. The van der Waals surface area contributed by atoms with Crippen molar-refractivity contribution in [3.8, 4) is 0 Å². The Hall–Kier alpha value is -0.720.